The lowest BCUT2D eigenvalue weighted by atomic mass is 9.73. The van der Waals surface area contributed by atoms with Gasteiger partial charge in [-0.25, -0.2) is 4.98 Å². The maximum absolute atomic E-state index is 10.5. The predicted molar refractivity (Wildman–Crippen MR) is 152 cm³/mol. The first-order valence-electron chi connectivity index (χ1n) is 13.7. The van der Waals surface area contributed by atoms with Gasteiger partial charge in [0.25, 0.3) is 0 Å². The number of nitrogens with zero attached hydrogens (tertiary/aromatic N) is 3. The van der Waals surface area contributed by atoms with Gasteiger partial charge < -0.3 is 15.4 Å². The Kier molecular flexibility index (Phi) is 9.58. The summed E-state index contributed by atoms with van der Waals surface area (Å²) < 4.78 is 2.28. The number of imidazole rings is 1. The number of phenols is 1. The molecule has 0 saturated carbocycles. The van der Waals surface area contributed by atoms with Crippen molar-refractivity contribution in [2.75, 3.05) is 0 Å². The van der Waals surface area contributed by atoms with Gasteiger partial charge in [0, 0.05) is 36.8 Å². The van der Waals surface area contributed by atoms with Gasteiger partial charge in [-0.3, -0.25) is 4.99 Å². The largest absolute Gasteiger partial charge is 0.507 e. The average molecular weight is 491 g/mol. The highest BCUT2D eigenvalue weighted by molar-refractivity contribution is 5.85. The molecule has 0 radical (unpaired) electrons. The number of aromatic nitrogens is 2. The molecule has 5 unspecified atom stereocenters. The van der Waals surface area contributed by atoms with E-state index in [0.29, 0.717) is 17.6 Å². The van der Waals surface area contributed by atoms with E-state index < -0.39 is 0 Å². The molecule has 0 spiro atoms. The topological polar surface area (TPSA) is 76.4 Å². The number of hydrogen-bond acceptors (Lipinski definition) is 4. The van der Waals surface area contributed by atoms with E-state index >= 15 is 0 Å². The lowest BCUT2D eigenvalue weighted by molar-refractivity contribution is 0.320. The van der Waals surface area contributed by atoms with Gasteiger partial charge in [-0.05, 0) is 62.5 Å². The molecule has 5 nitrogen and oxygen atoms in total. The number of hydrogen-bond donors (Lipinski definition) is 2. The summed E-state index contributed by atoms with van der Waals surface area (Å²) in [7, 11) is 0. The molecule has 1 aromatic carbocycles. The van der Waals surface area contributed by atoms with Crippen molar-refractivity contribution < 1.29 is 5.11 Å². The number of aryl methyl sites for hydroxylation is 2. The van der Waals surface area contributed by atoms with Crippen molar-refractivity contribution in [1.29, 1.82) is 0 Å². The van der Waals surface area contributed by atoms with Gasteiger partial charge in [-0.2, -0.15) is 0 Å². The van der Waals surface area contributed by atoms with Crippen LogP contribution in [0.2, 0.25) is 0 Å². The molecule has 1 aliphatic heterocycles. The minimum absolute atomic E-state index is 0.141. The highest BCUT2D eigenvalue weighted by Crippen LogP contribution is 2.39. The lowest BCUT2D eigenvalue weighted by Gasteiger charge is -2.35. The van der Waals surface area contributed by atoms with Gasteiger partial charge in [-0.15, -0.1) is 0 Å². The fourth-order valence-corrected chi connectivity index (χ4v) is 5.55. The Labute approximate surface area is 218 Å². The Morgan fingerprint density at radius 1 is 1.17 bits per heavy atom. The Morgan fingerprint density at radius 3 is 2.56 bits per heavy atom. The van der Waals surface area contributed by atoms with E-state index in [1.165, 1.54) is 11.1 Å². The molecule has 3 N–H and O–H groups in total. The zero-order chi connectivity index (χ0) is 26.4. The standard InChI is InChI=1S/C31H46N4O/c1-8-12-30-33-16-18-35(30)17-15-28-24(7)23(6)27(19-25(9-2)31(32)34-28)22(5)20(3)21(4)26-13-10-11-14-29(26)36/h10-11,13-14,16,18-19,22-25,28,36H,8-9,12,15,17H2,1-7H3,(H2,32,34). The summed E-state index contributed by atoms with van der Waals surface area (Å²) in [4.78, 5) is 9.65. The summed E-state index contributed by atoms with van der Waals surface area (Å²) in [6.07, 6.45) is 10.4. The van der Waals surface area contributed by atoms with Crippen LogP contribution in [0.25, 0.3) is 5.57 Å². The van der Waals surface area contributed by atoms with Crippen molar-refractivity contribution in [3.05, 3.63) is 65.3 Å². The number of nitrogens with two attached hydrogens (primary N) is 1. The second-order valence-electron chi connectivity index (χ2n) is 10.6. The van der Waals surface area contributed by atoms with Crippen LogP contribution in [0.5, 0.6) is 5.75 Å². The number of aromatic hydroxyl groups is 1. The zero-order valence-electron chi connectivity index (χ0n) is 23.3. The molecule has 0 bridgehead atoms. The van der Waals surface area contributed by atoms with Crippen LogP contribution in [-0.4, -0.2) is 26.5 Å². The molecule has 36 heavy (non-hydrogen) atoms. The summed E-state index contributed by atoms with van der Waals surface area (Å²) in [5, 5.41) is 10.5. The third kappa shape index (κ3) is 6.11. The van der Waals surface area contributed by atoms with Crippen LogP contribution in [0.3, 0.4) is 0 Å². The van der Waals surface area contributed by atoms with Crippen molar-refractivity contribution >= 4 is 11.4 Å². The smallest absolute Gasteiger partial charge is 0.123 e. The summed E-state index contributed by atoms with van der Waals surface area (Å²) in [5.41, 5.74) is 11.4. The predicted octanol–water partition coefficient (Wildman–Crippen LogP) is 7.03. The molecule has 0 amide bonds. The van der Waals surface area contributed by atoms with Crippen LogP contribution < -0.4 is 5.73 Å². The molecule has 2 heterocycles. The van der Waals surface area contributed by atoms with Gasteiger partial charge in [-0.1, -0.05) is 70.0 Å². The minimum atomic E-state index is 0.141. The van der Waals surface area contributed by atoms with Crippen LogP contribution in [-0.2, 0) is 13.0 Å². The highest BCUT2D eigenvalue weighted by atomic mass is 16.3. The molecular weight excluding hydrogens is 444 g/mol. The Hall–Kier alpha value is -2.82. The molecule has 0 aliphatic carbocycles. The average Bonchev–Trinajstić information content (AvgIpc) is 3.32. The minimum Gasteiger partial charge on any atom is -0.507 e. The summed E-state index contributed by atoms with van der Waals surface area (Å²) in [5.74, 6) is 3.34. The van der Waals surface area contributed by atoms with Gasteiger partial charge in [0.15, 0.2) is 0 Å². The molecule has 1 aromatic heterocycles. The van der Waals surface area contributed by atoms with E-state index in [1.54, 1.807) is 6.07 Å². The molecular formula is C31H46N4O. The quantitative estimate of drug-likeness (QED) is 0.371. The Balaban J connectivity index is 1.92. The van der Waals surface area contributed by atoms with Gasteiger partial charge in [0.1, 0.15) is 17.4 Å². The molecule has 5 atom stereocenters. The van der Waals surface area contributed by atoms with Crippen LogP contribution >= 0.6 is 0 Å². The molecule has 196 valence electrons. The SMILES string of the molecule is CCCc1nccn1CCC1N=C(N)C(CC)C=C(C(C)C(C)=C(C)c2ccccc2O)C(C)C1C. The number of rotatable bonds is 9. The normalized spacial score (nSPS) is 24.3. The van der Waals surface area contributed by atoms with E-state index in [0.717, 1.165) is 55.0 Å². The van der Waals surface area contributed by atoms with E-state index in [2.05, 4.69) is 70.3 Å². The lowest BCUT2D eigenvalue weighted by Crippen LogP contribution is -2.34. The third-order valence-corrected chi connectivity index (χ3v) is 8.44. The van der Waals surface area contributed by atoms with Crippen molar-refractivity contribution in [2.45, 2.75) is 86.7 Å². The van der Waals surface area contributed by atoms with E-state index in [9.17, 15) is 5.11 Å². The maximum atomic E-state index is 10.5. The fraction of sp³-hybridized carbons (Fsp3) is 0.548. The second kappa shape index (κ2) is 12.4. The van der Waals surface area contributed by atoms with Crippen LogP contribution in [0, 0.1) is 23.7 Å². The Bertz CT molecular complexity index is 1110. The second-order valence-corrected chi connectivity index (χ2v) is 10.6. The first-order chi connectivity index (χ1) is 17.2. The molecule has 5 heteroatoms. The highest BCUT2D eigenvalue weighted by Gasteiger charge is 2.31. The van der Waals surface area contributed by atoms with Crippen molar-refractivity contribution in [2.24, 2.45) is 34.4 Å². The van der Waals surface area contributed by atoms with Crippen molar-refractivity contribution in [1.82, 2.24) is 9.55 Å². The number of para-hydroxylation sites is 1. The fourth-order valence-electron chi connectivity index (χ4n) is 5.55. The first-order valence-corrected chi connectivity index (χ1v) is 13.7. The summed E-state index contributed by atoms with van der Waals surface area (Å²) in [6, 6.07) is 7.77. The summed E-state index contributed by atoms with van der Waals surface area (Å²) >= 11 is 0. The summed E-state index contributed by atoms with van der Waals surface area (Å²) in [6.45, 7) is 16.6. The molecule has 2 aromatic rings. The van der Waals surface area contributed by atoms with Gasteiger partial charge in [0.05, 0.1) is 6.04 Å². The van der Waals surface area contributed by atoms with Crippen molar-refractivity contribution in [3.8, 4) is 5.75 Å². The van der Waals surface area contributed by atoms with Crippen molar-refractivity contribution in [3.63, 3.8) is 0 Å². The van der Waals surface area contributed by atoms with E-state index in [-0.39, 0.29) is 17.9 Å². The Morgan fingerprint density at radius 2 is 1.89 bits per heavy atom. The number of phenolic OH excluding ortho intramolecular Hbond substituents is 1. The third-order valence-electron chi connectivity index (χ3n) is 8.44. The number of aliphatic imine (C=N–C) groups is 1. The molecule has 3 rings (SSSR count). The first kappa shape index (κ1) is 27.8. The molecule has 0 fully saturated rings. The van der Waals surface area contributed by atoms with Gasteiger partial charge in [0.2, 0.25) is 0 Å². The monoisotopic (exact) mass is 490 g/mol. The molecule has 0 saturated heterocycles. The van der Waals surface area contributed by atoms with Crippen LogP contribution in [0.1, 0.15) is 79.1 Å². The number of allylic oxidation sites excluding steroid dienone is 3. The maximum Gasteiger partial charge on any atom is 0.123 e. The van der Waals surface area contributed by atoms with E-state index in [4.69, 9.17) is 10.7 Å². The van der Waals surface area contributed by atoms with Gasteiger partial charge >= 0.3 is 0 Å². The number of amidine groups is 1. The zero-order valence-corrected chi connectivity index (χ0v) is 23.3. The number of benzene rings is 1. The van der Waals surface area contributed by atoms with Crippen LogP contribution in [0.15, 0.2) is 58.9 Å². The van der Waals surface area contributed by atoms with E-state index in [1.807, 2.05) is 24.4 Å². The van der Waals surface area contributed by atoms with Crippen LogP contribution in [0.4, 0.5) is 0 Å². The molecule has 1 aliphatic rings.